The highest BCUT2D eigenvalue weighted by Gasteiger charge is 2.11. The van der Waals surface area contributed by atoms with Gasteiger partial charge < -0.3 is 4.74 Å². The van der Waals surface area contributed by atoms with E-state index in [1.807, 2.05) is 0 Å². The van der Waals surface area contributed by atoms with Gasteiger partial charge in [-0.05, 0) is 29.8 Å². The number of nitro benzene ring substituents is 1. The minimum Gasteiger partial charge on any atom is -0.457 e. The molecule has 7 heteroatoms. The minimum atomic E-state index is -0.483. The lowest BCUT2D eigenvalue weighted by Gasteiger charge is -2.03. The van der Waals surface area contributed by atoms with Crippen LogP contribution in [0.15, 0.2) is 36.4 Å². The van der Waals surface area contributed by atoms with Crippen molar-refractivity contribution in [1.82, 2.24) is 0 Å². The molecule has 0 saturated heterocycles. The molecule has 0 aliphatic rings. The number of nitrogens with zero attached hydrogens (tertiary/aromatic N) is 1. The molecule has 19 heavy (non-hydrogen) atoms. The normalized spacial score (nSPS) is 10.2. The number of benzene rings is 1. The summed E-state index contributed by atoms with van der Waals surface area (Å²) in [7, 11) is 0. The molecule has 1 heterocycles. The number of nitro groups is 1. The molecule has 0 bridgehead atoms. The maximum atomic E-state index is 11.6. The van der Waals surface area contributed by atoms with Gasteiger partial charge in [0.05, 0.1) is 9.26 Å². The topological polar surface area (TPSA) is 69.4 Å². The van der Waals surface area contributed by atoms with Gasteiger partial charge >= 0.3 is 5.97 Å². The lowest BCUT2D eigenvalue weighted by molar-refractivity contribution is -0.384. The number of thiophene rings is 1. The predicted molar refractivity (Wildman–Crippen MR) is 71.5 cm³/mol. The Labute approximate surface area is 117 Å². The summed E-state index contributed by atoms with van der Waals surface area (Å²) in [5.41, 5.74) is 0.682. The first-order valence-electron chi connectivity index (χ1n) is 5.22. The van der Waals surface area contributed by atoms with E-state index in [0.717, 1.165) is 11.3 Å². The smallest absolute Gasteiger partial charge is 0.348 e. The number of rotatable bonds is 4. The highest BCUT2D eigenvalue weighted by atomic mass is 35.5. The lowest BCUT2D eigenvalue weighted by Crippen LogP contribution is -2.03. The monoisotopic (exact) mass is 297 g/mol. The Hall–Kier alpha value is -1.92. The number of esters is 1. The molecule has 0 spiro atoms. The van der Waals surface area contributed by atoms with Crippen molar-refractivity contribution in [1.29, 1.82) is 0 Å². The molecule has 5 nitrogen and oxygen atoms in total. The highest BCUT2D eigenvalue weighted by Crippen LogP contribution is 2.22. The summed E-state index contributed by atoms with van der Waals surface area (Å²) in [6.45, 7) is 0.0619. The summed E-state index contributed by atoms with van der Waals surface area (Å²) in [6.07, 6.45) is 0. The fourth-order valence-electron chi connectivity index (χ4n) is 1.36. The number of hydrogen-bond donors (Lipinski definition) is 0. The first kappa shape index (κ1) is 13.5. The molecule has 1 aromatic carbocycles. The van der Waals surface area contributed by atoms with Crippen LogP contribution in [-0.2, 0) is 11.3 Å². The van der Waals surface area contributed by atoms with E-state index >= 15 is 0 Å². The Balaban J connectivity index is 1.95. The van der Waals surface area contributed by atoms with Crippen LogP contribution in [0.2, 0.25) is 4.34 Å². The summed E-state index contributed by atoms with van der Waals surface area (Å²) in [6, 6.07) is 9.04. The van der Waals surface area contributed by atoms with Gasteiger partial charge in [0.15, 0.2) is 0 Å². The van der Waals surface area contributed by atoms with Gasteiger partial charge in [0, 0.05) is 12.1 Å². The van der Waals surface area contributed by atoms with Gasteiger partial charge in [0.25, 0.3) is 5.69 Å². The van der Waals surface area contributed by atoms with Gasteiger partial charge in [-0.3, -0.25) is 10.1 Å². The molecular formula is C12H8ClNO4S. The van der Waals surface area contributed by atoms with E-state index in [1.54, 1.807) is 24.3 Å². The SMILES string of the molecule is O=C(OCc1ccc([N+](=O)[O-])cc1)c1ccc(Cl)s1. The fraction of sp³-hybridized carbons (Fsp3) is 0.0833. The third kappa shape index (κ3) is 3.52. The molecule has 0 amide bonds. The van der Waals surface area contributed by atoms with Crippen molar-refractivity contribution in [2.24, 2.45) is 0 Å². The number of ether oxygens (including phenoxy) is 1. The molecule has 0 aliphatic heterocycles. The summed E-state index contributed by atoms with van der Waals surface area (Å²) < 4.78 is 5.59. The predicted octanol–water partition coefficient (Wildman–Crippen LogP) is 3.67. The molecular weight excluding hydrogens is 290 g/mol. The molecule has 0 unspecified atom stereocenters. The molecule has 0 aliphatic carbocycles. The maximum absolute atomic E-state index is 11.6. The van der Waals surface area contributed by atoms with Crippen molar-refractivity contribution in [2.75, 3.05) is 0 Å². The zero-order valence-corrected chi connectivity index (χ0v) is 11.1. The van der Waals surface area contributed by atoms with Crippen molar-refractivity contribution in [3.8, 4) is 0 Å². The van der Waals surface area contributed by atoms with Crippen LogP contribution in [0.25, 0.3) is 0 Å². The van der Waals surface area contributed by atoms with E-state index in [4.69, 9.17) is 16.3 Å². The van der Waals surface area contributed by atoms with Crippen molar-refractivity contribution in [3.63, 3.8) is 0 Å². The van der Waals surface area contributed by atoms with Crippen LogP contribution in [0.1, 0.15) is 15.2 Å². The van der Waals surface area contributed by atoms with E-state index in [9.17, 15) is 14.9 Å². The average Bonchev–Trinajstić information content (AvgIpc) is 2.83. The Morgan fingerprint density at radius 3 is 2.47 bits per heavy atom. The number of non-ortho nitro benzene ring substituents is 1. The number of carbonyl (C=O) groups excluding carboxylic acids is 1. The summed E-state index contributed by atoms with van der Waals surface area (Å²) in [4.78, 5) is 22.0. The number of hydrogen-bond acceptors (Lipinski definition) is 5. The molecule has 98 valence electrons. The van der Waals surface area contributed by atoms with Gasteiger partial charge in [-0.25, -0.2) is 4.79 Å². The number of halogens is 1. The largest absolute Gasteiger partial charge is 0.457 e. The second kappa shape index (κ2) is 5.81. The molecule has 0 atom stereocenters. The average molecular weight is 298 g/mol. The van der Waals surface area contributed by atoms with Crippen LogP contribution < -0.4 is 0 Å². The Bertz CT molecular complexity index is 608. The molecule has 2 aromatic rings. The molecule has 0 saturated carbocycles. The Kier molecular flexibility index (Phi) is 4.13. The number of carbonyl (C=O) groups is 1. The van der Waals surface area contributed by atoms with Gasteiger partial charge in [-0.15, -0.1) is 11.3 Å². The molecule has 2 rings (SSSR count). The Morgan fingerprint density at radius 2 is 1.95 bits per heavy atom. The Morgan fingerprint density at radius 1 is 1.26 bits per heavy atom. The summed E-state index contributed by atoms with van der Waals surface area (Å²) in [5, 5.41) is 10.5. The first-order chi connectivity index (χ1) is 9.06. The van der Waals surface area contributed by atoms with Gasteiger partial charge in [0.1, 0.15) is 11.5 Å². The van der Waals surface area contributed by atoms with Crippen molar-refractivity contribution in [3.05, 3.63) is 61.3 Å². The van der Waals surface area contributed by atoms with Gasteiger partial charge in [-0.2, -0.15) is 0 Å². The minimum absolute atomic E-state index is 0.000107. The van der Waals surface area contributed by atoms with E-state index in [0.29, 0.717) is 14.8 Å². The van der Waals surface area contributed by atoms with Crippen LogP contribution in [-0.4, -0.2) is 10.9 Å². The quantitative estimate of drug-likeness (QED) is 0.490. The van der Waals surface area contributed by atoms with Crippen LogP contribution in [0, 0.1) is 10.1 Å². The van der Waals surface area contributed by atoms with Gasteiger partial charge in [0.2, 0.25) is 0 Å². The van der Waals surface area contributed by atoms with E-state index in [2.05, 4.69) is 0 Å². The lowest BCUT2D eigenvalue weighted by atomic mass is 10.2. The maximum Gasteiger partial charge on any atom is 0.348 e. The third-order valence-corrected chi connectivity index (χ3v) is 3.50. The van der Waals surface area contributed by atoms with Crippen LogP contribution in [0.4, 0.5) is 5.69 Å². The van der Waals surface area contributed by atoms with Crippen molar-refractivity contribution < 1.29 is 14.5 Å². The zero-order valence-electron chi connectivity index (χ0n) is 9.54. The second-order valence-corrected chi connectivity index (χ2v) is 5.32. The summed E-state index contributed by atoms with van der Waals surface area (Å²) >= 11 is 6.85. The van der Waals surface area contributed by atoms with Crippen LogP contribution >= 0.6 is 22.9 Å². The second-order valence-electron chi connectivity index (χ2n) is 3.60. The third-order valence-electron chi connectivity index (χ3n) is 2.29. The molecule has 0 N–H and O–H groups in total. The van der Waals surface area contributed by atoms with E-state index in [1.165, 1.54) is 12.1 Å². The van der Waals surface area contributed by atoms with E-state index in [-0.39, 0.29) is 12.3 Å². The highest BCUT2D eigenvalue weighted by molar-refractivity contribution is 7.17. The van der Waals surface area contributed by atoms with Crippen molar-refractivity contribution >= 4 is 34.6 Å². The fourth-order valence-corrected chi connectivity index (χ4v) is 2.29. The standard InChI is InChI=1S/C12H8ClNO4S/c13-11-6-5-10(19-11)12(15)18-7-8-1-3-9(4-2-8)14(16)17/h1-6H,7H2. The zero-order chi connectivity index (χ0) is 13.8. The first-order valence-corrected chi connectivity index (χ1v) is 6.41. The van der Waals surface area contributed by atoms with Crippen LogP contribution in [0.5, 0.6) is 0 Å². The van der Waals surface area contributed by atoms with Crippen molar-refractivity contribution in [2.45, 2.75) is 6.61 Å². The molecule has 0 fully saturated rings. The van der Waals surface area contributed by atoms with Gasteiger partial charge in [-0.1, -0.05) is 11.6 Å². The van der Waals surface area contributed by atoms with Crippen LogP contribution in [0.3, 0.4) is 0 Å². The molecule has 1 aromatic heterocycles. The molecule has 0 radical (unpaired) electrons. The summed E-state index contributed by atoms with van der Waals surface area (Å²) in [5.74, 6) is -0.463. The van der Waals surface area contributed by atoms with E-state index < -0.39 is 10.9 Å².